The van der Waals surface area contributed by atoms with Crippen LogP contribution >= 0.6 is 0 Å². The van der Waals surface area contributed by atoms with Crippen LogP contribution in [0.4, 0.5) is 0 Å². The molecule has 11 heavy (non-hydrogen) atoms. The van der Waals surface area contributed by atoms with Crippen molar-refractivity contribution >= 4 is 5.97 Å². The molecule has 0 aliphatic carbocycles. The molecule has 0 rings (SSSR count). The summed E-state index contributed by atoms with van der Waals surface area (Å²) in [5, 5.41) is 0. The number of hydrogen-bond acceptors (Lipinski definition) is 2. The Labute approximate surface area is 81.8 Å². The average Bonchev–Trinajstić information content (AvgIpc) is 2.01. The van der Waals surface area contributed by atoms with Crippen LogP contribution in [0.15, 0.2) is 0 Å². The summed E-state index contributed by atoms with van der Waals surface area (Å²) in [6.45, 7) is 4.23. The van der Waals surface area contributed by atoms with E-state index in [1.165, 1.54) is 6.42 Å². The molecule has 3 heteroatoms. The van der Waals surface area contributed by atoms with Gasteiger partial charge in [-0.1, -0.05) is 0 Å². The number of hydrogen-bond donors (Lipinski definition) is 0. The van der Waals surface area contributed by atoms with Gasteiger partial charge in [-0.15, -0.1) is 0 Å². The topological polar surface area (TPSA) is 26.3 Å². The molecule has 0 aliphatic rings. The van der Waals surface area contributed by atoms with E-state index in [-0.39, 0.29) is 5.97 Å². The molecule has 0 amide bonds. The van der Waals surface area contributed by atoms with Gasteiger partial charge in [0.15, 0.2) is 0 Å². The van der Waals surface area contributed by atoms with Crippen molar-refractivity contribution in [2.24, 2.45) is 0 Å². The summed E-state index contributed by atoms with van der Waals surface area (Å²) >= 11 is -1.16. The van der Waals surface area contributed by atoms with E-state index >= 15 is 0 Å². The molecule has 0 aromatic carbocycles. The van der Waals surface area contributed by atoms with Crippen LogP contribution in [0.2, 0.25) is 3.93 Å². The standard InChI is InChI=1S/C6H12O2.C2H5.Hg/c1-2-3-4-5-6(7)8;1-2;/h2-5H2,1H3,(H,7,8);1H2,2H3;/q;;+1/p-1. The number of rotatable bonds is 6. The van der Waals surface area contributed by atoms with Gasteiger partial charge in [0.2, 0.25) is 0 Å². The third-order valence-electron chi connectivity index (χ3n) is 1.45. The second-order valence-electron chi connectivity index (χ2n) is 2.68. The zero-order valence-corrected chi connectivity index (χ0v) is 13.1. The van der Waals surface area contributed by atoms with Gasteiger partial charge in [-0.25, -0.2) is 0 Å². The molecule has 0 aromatic rings. The summed E-state index contributed by atoms with van der Waals surface area (Å²) in [6, 6.07) is 0. The van der Waals surface area contributed by atoms with Crippen molar-refractivity contribution in [2.75, 3.05) is 0 Å². The van der Waals surface area contributed by atoms with E-state index in [1.54, 1.807) is 0 Å². The van der Waals surface area contributed by atoms with Crippen molar-refractivity contribution in [1.82, 2.24) is 0 Å². The van der Waals surface area contributed by atoms with Crippen LogP contribution in [0.1, 0.15) is 39.5 Å². The Morgan fingerprint density at radius 1 is 1.36 bits per heavy atom. The van der Waals surface area contributed by atoms with Gasteiger partial charge in [-0.05, 0) is 0 Å². The molecule has 2 nitrogen and oxygen atoms in total. The van der Waals surface area contributed by atoms with Gasteiger partial charge < -0.3 is 0 Å². The SMILES string of the molecule is CCCCCC(=O)[O][Hg][CH2]C. The monoisotopic (exact) mass is 346 g/mol. The quantitative estimate of drug-likeness (QED) is 0.547. The molecule has 0 saturated carbocycles. The Balaban J connectivity index is 3.09. The minimum absolute atomic E-state index is 0.0574. The Morgan fingerprint density at radius 3 is 2.64 bits per heavy atom. The zero-order chi connectivity index (χ0) is 8.53. The van der Waals surface area contributed by atoms with E-state index in [9.17, 15) is 4.79 Å². The van der Waals surface area contributed by atoms with E-state index in [4.69, 9.17) is 2.64 Å². The van der Waals surface area contributed by atoms with Crippen LogP contribution in [0.5, 0.6) is 0 Å². The fourth-order valence-electron chi connectivity index (χ4n) is 0.807. The van der Waals surface area contributed by atoms with Gasteiger partial charge in [-0.3, -0.25) is 0 Å². The van der Waals surface area contributed by atoms with Crippen molar-refractivity contribution in [2.45, 2.75) is 43.5 Å². The third-order valence-corrected chi connectivity index (χ3v) is 5.08. The predicted octanol–water partition coefficient (Wildman–Crippen LogP) is 2.55. The molecule has 0 spiro atoms. The molecule has 0 N–H and O–H groups in total. The maximum atomic E-state index is 10.9. The van der Waals surface area contributed by atoms with Gasteiger partial charge in [0, 0.05) is 0 Å². The Bertz CT molecular complexity index is 104. The summed E-state index contributed by atoms with van der Waals surface area (Å²) < 4.78 is 6.26. The fraction of sp³-hybridized carbons (Fsp3) is 0.875. The van der Waals surface area contributed by atoms with E-state index < -0.39 is 25.0 Å². The molecule has 0 unspecified atom stereocenters. The van der Waals surface area contributed by atoms with Crippen LogP contribution in [0, 0.1) is 0 Å². The maximum absolute atomic E-state index is 10.9. The summed E-state index contributed by atoms with van der Waals surface area (Å²) in [4.78, 5) is 10.9. The van der Waals surface area contributed by atoms with E-state index in [1.807, 2.05) is 0 Å². The van der Waals surface area contributed by atoms with Gasteiger partial charge in [0.25, 0.3) is 0 Å². The first kappa shape index (κ1) is 11.4. The third kappa shape index (κ3) is 8.31. The van der Waals surface area contributed by atoms with Crippen LogP contribution in [0.25, 0.3) is 0 Å². The molecular weight excluding hydrogens is 329 g/mol. The van der Waals surface area contributed by atoms with Gasteiger partial charge in [-0.2, -0.15) is 0 Å². The van der Waals surface area contributed by atoms with Crippen LogP contribution in [-0.2, 0) is 32.5 Å². The Morgan fingerprint density at radius 2 is 2.09 bits per heavy atom. The summed E-state index contributed by atoms with van der Waals surface area (Å²) in [5.41, 5.74) is 0. The zero-order valence-electron chi connectivity index (χ0n) is 7.56. The van der Waals surface area contributed by atoms with Crippen molar-refractivity contribution in [3.05, 3.63) is 0 Å². The van der Waals surface area contributed by atoms with Crippen LogP contribution in [-0.4, -0.2) is 5.97 Å². The first-order chi connectivity index (χ1) is 5.31. The average molecular weight is 345 g/mol. The second kappa shape index (κ2) is 8.50. The van der Waals surface area contributed by atoms with E-state index in [2.05, 4.69) is 13.8 Å². The van der Waals surface area contributed by atoms with Gasteiger partial charge in [0.05, 0.1) is 0 Å². The summed E-state index contributed by atoms with van der Waals surface area (Å²) in [6.07, 6.45) is 3.98. The first-order valence-corrected chi connectivity index (χ1v) is 10.6. The molecular formula is C8H16HgO2. The molecule has 0 bridgehead atoms. The van der Waals surface area contributed by atoms with Crippen LogP contribution < -0.4 is 0 Å². The summed E-state index contributed by atoms with van der Waals surface area (Å²) in [7, 11) is 0. The molecule has 0 aliphatic heterocycles. The van der Waals surface area contributed by atoms with Crippen molar-refractivity contribution in [1.29, 1.82) is 0 Å². The second-order valence-corrected chi connectivity index (χ2v) is 9.27. The molecule has 0 atom stereocenters. The summed E-state index contributed by atoms with van der Waals surface area (Å²) in [5.74, 6) is 0.0574. The molecule has 0 radical (unpaired) electrons. The van der Waals surface area contributed by atoms with Crippen molar-refractivity contribution in [3.63, 3.8) is 0 Å². The van der Waals surface area contributed by atoms with E-state index in [0.29, 0.717) is 6.42 Å². The molecule has 62 valence electrons. The first-order valence-electron chi connectivity index (χ1n) is 4.46. The van der Waals surface area contributed by atoms with Crippen molar-refractivity contribution in [3.8, 4) is 0 Å². The van der Waals surface area contributed by atoms with Crippen molar-refractivity contribution < 1.29 is 32.5 Å². The molecule has 0 heterocycles. The Hall–Kier alpha value is 0.405. The normalized spacial score (nSPS) is 8.91. The minimum atomic E-state index is -1.16. The Kier molecular flexibility index (Phi) is 8.81. The fourth-order valence-corrected chi connectivity index (χ4v) is 3.05. The number of carbonyl (C=O) groups excluding carboxylic acids is 1. The number of unbranched alkanes of at least 4 members (excludes halogenated alkanes) is 2. The molecule has 0 fully saturated rings. The number of carbonyl (C=O) groups is 1. The predicted molar refractivity (Wildman–Crippen MR) is 40.7 cm³/mol. The molecule has 0 saturated heterocycles. The van der Waals surface area contributed by atoms with Crippen LogP contribution in [0.3, 0.4) is 0 Å². The van der Waals surface area contributed by atoms with Gasteiger partial charge >= 0.3 is 81.9 Å². The van der Waals surface area contributed by atoms with Gasteiger partial charge in [0.1, 0.15) is 0 Å². The molecule has 0 aromatic heterocycles. The van der Waals surface area contributed by atoms with E-state index in [0.717, 1.165) is 16.8 Å².